The average molecular weight is 270 g/mol. The molecular weight excluding hydrogens is 252 g/mol. The zero-order chi connectivity index (χ0) is 13.0. The average Bonchev–Trinajstić information content (AvgIpc) is 2.77. The summed E-state index contributed by atoms with van der Waals surface area (Å²) in [6.45, 7) is 5.33. The molecular formula is C11H18N4O2S. The van der Waals surface area contributed by atoms with E-state index in [9.17, 15) is 4.79 Å². The summed E-state index contributed by atoms with van der Waals surface area (Å²) in [5.41, 5.74) is 5.38. The fourth-order valence-corrected chi connectivity index (χ4v) is 2.81. The predicted octanol–water partition coefficient (Wildman–Crippen LogP) is 0.261. The van der Waals surface area contributed by atoms with Gasteiger partial charge in [0.15, 0.2) is 5.13 Å². The van der Waals surface area contributed by atoms with E-state index in [2.05, 4.69) is 15.2 Å². The molecule has 1 aliphatic rings. The highest BCUT2D eigenvalue weighted by atomic mass is 32.1. The fraction of sp³-hybridized carbons (Fsp3) is 0.636. The molecule has 100 valence electrons. The number of nitrogens with one attached hydrogen (secondary N) is 1. The van der Waals surface area contributed by atoms with E-state index in [-0.39, 0.29) is 11.9 Å². The van der Waals surface area contributed by atoms with E-state index in [0.29, 0.717) is 19.8 Å². The maximum Gasteiger partial charge on any atom is 0.237 e. The summed E-state index contributed by atoms with van der Waals surface area (Å²) in [7, 11) is 0. The first-order valence-electron chi connectivity index (χ1n) is 6.00. The van der Waals surface area contributed by atoms with Gasteiger partial charge in [0.1, 0.15) is 6.04 Å². The van der Waals surface area contributed by atoms with E-state index < -0.39 is 0 Å². The third kappa shape index (κ3) is 3.18. The van der Waals surface area contributed by atoms with Gasteiger partial charge in [-0.05, 0) is 6.92 Å². The van der Waals surface area contributed by atoms with Crippen LogP contribution in [0.5, 0.6) is 0 Å². The summed E-state index contributed by atoms with van der Waals surface area (Å²) in [5.74, 6) is -0.328. The third-order valence-corrected chi connectivity index (χ3v) is 3.75. The Morgan fingerprint density at radius 1 is 1.78 bits per heavy atom. The molecule has 1 aromatic heterocycles. The molecule has 0 radical (unpaired) electrons. The Hall–Kier alpha value is -1.18. The Kier molecular flexibility index (Phi) is 4.51. The second kappa shape index (κ2) is 6.12. The highest BCUT2D eigenvalue weighted by molar-refractivity contribution is 7.15. The van der Waals surface area contributed by atoms with Crippen molar-refractivity contribution in [3.8, 4) is 0 Å². The summed E-state index contributed by atoms with van der Waals surface area (Å²) < 4.78 is 5.29. The van der Waals surface area contributed by atoms with Crippen molar-refractivity contribution in [1.82, 2.24) is 9.88 Å². The molecule has 1 amide bonds. The lowest BCUT2D eigenvalue weighted by molar-refractivity contribution is -0.129. The first-order chi connectivity index (χ1) is 8.70. The van der Waals surface area contributed by atoms with Crippen LogP contribution in [0.4, 0.5) is 5.13 Å². The van der Waals surface area contributed by atoms with Gasteiger partial charge in [-0.3, -0.25) is 9.69 Å². The standard InChI is InChI=1S/C11H18N4O2S/c1-2-13-11-14-5-8(18-11)6-15-3-4-17-7-9(15)10(12)16/h5,9H,2-4,6-7H2,1H3,(H2,12,16)(H,13,14). The third-order valence-electron chi connectivity index (χ3n) is 2.81. The van der Waals surface area contributed by atoms with Crippen LogP contribution < -0.4 is 11.1 Å². The van der Waals surface area contributed by atoms with Crippen molar-refractivity contribution in [2.75, 3.05) is 31.6 Å². The summed E-state index contributed by atoms with van der Waals surface area (Å²) in [6.07, 6.45) is 1.84. The number of ether oxygens (including phenoxy) is 1. The van der Waals surface area contributed by atoms with E-state index in [4.69, 9.17) is 10.5 Å². The van der Waals surface area contributed by atoms with Crippen LogP contribution in [0, 0.1) is 0 Å². The molecule has 1 aliphatic heterocycles. The molecule has 3 N–H and O–H groups in total. The smallest absolute Gasteiger partial charge is 0.237 e. The number of thiazole rings is 1. The topological polar surface area (TPSA) is 80.5 Å². The molecule has 0 spiro atoms. The van der Waals surface area contributed by atoms with Crippen LogP contribution >= 0.6 is 11.3 Å². The summed E-state index contributed by atoms with van der Waals surface area (Å²) >= 11 is 1.61. The van der Waals surface area contributed by atoms with Gasteiger partial charge >= 0.3 is 0 Å². The Bertz CT molecular complexity index is 410. The number of nitrogens with two attached hydrogens (primary N) is 1. The monoisotopic (exact) mass is 270 g/mol. The zero-order valence-corrected chi connectivity index (χ0v) is 11.2. The summed E-state index contributed by atoms with van der Waals surface area (Å²) in [6, 6.07) is -0.330. The highest BCUT2D eigenvalue weighted by Crippen LogP contribution is 2.21. The van der Waals surface area contributed by atoms with Gasteiger partial charge in [0.05, 0.1) is 13.2 Å². The summed E-state index contributed by atoms with van der Waals surface area (Å²) in [5, 5.41) is 4.09. The molecule has 0 saturated carbocycles. The molecule has 1 atom stereocenters. The maximum absolute atomic E-state index is 11.3. The Balaban J connectivity index is 1.99. The number of morpholine rings is 1. The molecule has 18 heavy (non-hydrogen) atoms. The van der Waals surface area contributed by atoms with E-state index in [1.165, 1.54) is 0 Å². The molecule has 1 saturated heterocycles. The van der Waals surface area contributed by atoms with E-state index >= 15 is 0 Å². The van der Waals surface area contributed by atoms with Crippen LogP contribution in [0.25, 0.3) is 0 Å². The van der Waals surface area contributed by atoms with Gasteiger partial charge in [-0.15, -0.1) is 11.3 Å². The lowest BCUT2D eigenvalue weighted by Crippen LogP contribution is -2.51. The number of primary amides is 1. The van der Waals surface area contributed by atoms with Crippen LogP contribution in [-0.4, -0.2) is 48.1 Å². The van der Waals surface area contributed by atoms with Crippen molar-refractivity contribution in [2.45, 2.75) is 19.5 Å². The van der Waals surface area contributed by atoms with Gasteiger partial charge in [0.2, 0.25) is 5.91 Å². The van der Waals surface area contributed by atoms with Gasteiger partial charge < -0.3 is 15.8 Å². The Morgan fingerprint density at radius 3 is 3.33 bits per heavy atom. The molecule has 7 heteroatoms. The van der Waals surface area contributed by atoms with Gasteiger partial charge in [-0.25, -0.2) is 4.98 Å². The normalized spacial score (nSPS) is 20.8. The van der Waals surface area contributed by atoms with Crippen molar-refractivity contribution in [3.05, 3.63) is 11.1 Å². The number of carbonyl (C=O) groups excluding carboxylic acids is 1. The van der Waals surface area contributed by atoms with Gasteiger partial charge in [-0.1, -0.05) is 0 Å². The number of carbonyl (C=O) groups is 1. The van der Waals surface area contributed by atoms with Crippen LogP contribution in [-0.2, 0) is 16.1 Å². The van der Waals surface area contributed by atoms with Gasteiger partial charge in [0.25, 0.3) is 0 Å². The van der Waals surface area contributed by atoms with Gasteiger partial charge in [0, 0.05) is 30.7 Å². The summed E-state index contributed by atoms with van der Waals surface area (Å²) in [4.78, 5) is 18.8. The number of anilines is 1. The zero-order valence-electron chi connectivity index (χ0n) is 10.4. The number of aromatic nitrogens is 1. The number of amides is 1. The van der Waals surface area contributed by atoms with Gasteiger partial charge in [-0.2, -0.15) is 0 Å². The predicted molar refractivity (Wildman–Crippen MR) is 70.5 cm³/mol. The van der Waals surface area contributed by atoms with Crippen LogP contribution in [0.1, 0.15) is 11.8 Å². The molecule has 1 fully saturated rings. The molecule has 1 aromatic rings. The number of rotatable bonds is 5. The van der Waals surface area contributed by atoms with E-state index in [1.807, 2.05) is 13.1 Å². The minimum Gasteiger partial charge on any atom is -0.378 e. The molecule has 0 bridgehead atoms. The minimum atomic E-state index is -0.330. The first kappa shape index (κ1) is 13.3. The highest BCUT2D eigenvalue weighted by Gasteiger charge is 2.27. The second-order valence-electron chi connectivity index (χ2n) is 4.13. The van der Waals surface area contributed by atoms with Crippen LogP contribution in [0.3, 0.4) is 0 Å². The van der Waals surface area contributed by atoms with E-state index in [1.54, 1.807) is 11.3 Å². The van der Waals surface area contributed by atoms with Crippen molar-refractivity contribution in [2.24, 2.45) is 5.73 Å². The molecule has 6 nitrogen and oxygen atoms in total. The molecule has 2 rings (SSSR count). The SMILES string of the molecule is CCNc1ncc(CN2CCOCC2C(N)=O)s1. The molecule has 0 aromatic carbocycles. The van der Waals surface area contributed by atoms with E-state index in [0.717, 1.165) is 23.1 Å². The lowest BCUT2D eigenvalue weighted by atomic mass is 10.2. The number of hydrogen-bond acceptors (Lipinski definition) is 6. The van der Waals surface area contributed by atoms with Crippen molar-refractivity contribution >= 4 is 22.4 Å². The molecule has 1 unspecified atom stereocenters. The van der Waals surface area contributed by atoms with Crippen molar-refractivity contribution in [1.29, 1.82) is 0 Å². The Morgan fingerprint density at radius 2 is 2.61 bits per heavy atom. The molecule has 2 heterocycles. The second-order valence-corrected chi connectivity index (χ2v) is 5.24. The first-order valence-corrected chi connectivity index (χ1v) is 6.82. The van der Waals surface area contributed by atoms with Crippen LogP contribution in [0.2, 0.25) is 0 Å². The Labute approximate surface area is 110 Å². The largest absolute Gasteiger partial charge is 0.378 e. The lowest BCUT2D eigenvalue weighted by Gasteiger charge is -2.32. The van der Waals surface area contributed by atoms with Crippen molar-refractivity contribution < 1.29 is 9.53 Å². The quantitative estimate of drug-likeness (QED) is 0.802. The minimum absolute atomic E-state index is 0.328. The maximum atomic E-state index is 11.3. The number of nitrogens with zero attached hydrogens (tertiary/aromatic N) is 2. The molecule has 0 aliphatic carbocycles. The van der Waals surface area contributed by atoms with Crippen LogP contribution in [0.15, 0.2) is 6.20 Å². The fourth-order valence-electron chi connectivity index (χ4n) is 1.90. The number of hydrogen-bond donors (Lipinski definition) is 2. The van der Waals surface area contributed by atoms with Crippen molar-refractivity contribution in [3.63, 3.8) is 0 Å².